The molecule has 0 heterocycles. The van der Waals surface area contributed by atoms with E-state index in [4.69, 9.17) is 14.2 Å². The monoisotopic (exact) mass is 405 g/mol. The quantitative estimate of drug-likeness (QED) is 0.533. The number of carbonyl (C=O) groups is 1. The third-order valence-electron chi connectivity index (χ3n) is 4.57. The summed E-state index contributed by atoms with van der Waals surface area (Å²) in [6.07, 6.45) is 0.295. The lowest BCUT2D eigenvalue weighted by molar-refractivity contribution is -0.121. The topological polar surface area (TPSA) is 56.8 Å². The van der Waals surface area contributed by atoms with E-state index in [1.807, 2.05) is 79.7 Å². The highest BCUT2D eigenvalue weighted by molar-refractivity contribution is 5.76. The van der Waals surface area contributed by atoms with Gasteiger partial charge < -0.3 is 19.5 Å². The first-order valence-corrected chi connectivity index (χ1v) is 9.94. The number of nitrogens with one attached hydrogen (secondary N) is 1. The van der Waals surface area contributed by atoms with E-state index < -0.39 is 0 Å². The van der Waals surface area contributed by atoms with E-state index >= 15 is 0 Å². The fourth-order valence-electron chi connectivity index (χ4n) is 2.86. The van der Waals surface area contributed by atoms with Crippen molar-refractivity contribution in [3.63, 3.8) is 0 Å². The molecule has 3 aromatic rings. The molecule has 3 aromatic carbocycles. The second kappa shape index (κ2) is 10.9. The predicted octanol–water partition coefficient (Wildman–Crippen LogP) is 4.67. The van der Waals surface area contributed by atoms with Gasteiger partial charge in [-0.2, -0.15) is 0 Å². The van der Waals surface area contributed by atoms with Crippen LogP contribution < -0.4 is 19.5 Å². The first-order valence-electron chi connectivity index (χ1n) is 9.94. The van der Waals surface area contributed by atoms with Gasteiger partial charge in [-0.15, -0.1) is 0 Å². The van der Waals surface area contributed by atoms with Gasteiger partial charge in [-0.05, 0) is 42.3 Å². The lowest BCUT2D eigenvalue weighted by Crippen LogP contribution is -2.24. The van der Waals surface area contributed by atoms with Crippen LogP contribution in [0.25, 0.3) is 0 Å². The summed E-state index contributed by atoms with van der Waals surface area (Å²) in [6.45, 7) is 3.24. The molecule has 0 atom stereocenters. The van der Waals surface area contributed by atoms with Gasteiger partial charge in [0.2, 0.25) is 5.91 Å². The molecule has 0 aliphatic heterocycles. The zero-order valence-electron chi connectivity index (χ0n) is 17.4. The van der Waals surface area contributed by atoms with E-state index in [1.165, 1.54) is 5.56 Å². The molecule has 0 fully saturated rings. The maximum atomic E-state index is 12.1. The summed E-state index contributed by atoms with van der Waals surface area (Å²) < 4.78 is 16.9. The van der Waals surface area contributed by atoms with Gasteiger partial charge in [0.15, 0.2) is 11.5 Å². The van der Waals surface area contributed by atoms with E-state index in [9.17, 15) is 4.79 Å². The van der Waals surface area contributed by atoms with Crippen LogP contribution in [0.3, 0.4) is 0 Å². The number of hydrogen-bond acceptors (Lipinski definition) is 4. The molecule has 3 rings (SSSR count). The molecule has 0 radical (unpaired) electrons. The van der Waals surface area contributed by atoms with Gasteiger partial charge >= 0.3 is 0 Å². The molecule has 1 amide bonds. The van der Waals surface area contributed by atoms with E-state index in [0.29, 0.717) is 37.7 Å². The highest BCUT2D eigenvalue weighted by Crippen LogP contribution is 2.28. The van der Waals surface area contributed by atoms with E-state index in [2.05, 4.69) is 5.32 Å². The van der Waals surface area contributed by atoms with E-state index in [1.54, 1.807) is 7.11 Å². The van der Waals surface area contributed by atoms with Crippen molar-refractivity contribution >= 4 is 5.91 Å². The van der Waals surface area contributed by atoms with Crippen molar-refractivity contribution in [2.24, 2.45) is 0 Å². The van der Waals surface area contributed by atoms with Crippen molar-refractivity contribution in [3.05, 3.63) is 89.5 Å². The van der Waals surface area contributed by atoms with Crippen molar-refractivity contribution in [2.75, 3.05) is 13.7 Å². The first kappa shape index (κ1) is 21.2. The summed E-state index contributed by atoms with van der Waals surface area (Å²) in [5.74, 6) is 2.01. The van der Waals surface area contributed by atoms with Crippen molar-refractivity contribution in [1.82, 2.24) is 5.32 Å². The number of rotatable bonds is 10. The molecule has 0 unspecified atom stereocenters. The fraction of sp³-hybridized carbons (Fsp3) is 0.240. The maximum absolute atomic E-state index is 12.1. The average molecular weight is 405 g/mol. The highest BCUT2D eigenvalue weighted by Gasteiger charge is 2.08. The van der Waals surface area contributed by atoms with Crippen molar-refractivity contribution in [1.29, 1.82) is 0 Å². The molecule has 0 spiro atoms. The average Bonchev–Trinajstić information content (AvgIpc) is 2.78. The Bertz CT molecular complexity index is 939. The zero-order valence-corrected chi connectivity index (χ0v) is 17.4. The van der Waals surface area contributed by atoms with Crippen LogP contribution in [0.1, 0.15) is 23.1 Å². The summed E-state index contributed by atoms with van der Waals surface area (Å²) in [7, 11) is 1.61. The smallest absolute Gasteiger partial charge is 0.223 e. The van der Waals surface area contributed by atoms with Crippen LogP contribution in [-0.2, 0) is 17.9 Å². The molecule has 156 valence electrons. The summed E-state index contributed by atoms with van der Waals surface area (Å²) in [5.41, 5.74) is 3.20. The number of aryl methyl sites for hydroxylation is 1. The molecule has 0 aliphatic carbocycles. The molecular formula is C25H27NO4. The normalized spacial score (nSPS) is 10.3. The van der Waals surface area contributed by atoms with Gasteiger partial charge in [-0.1, -0.05) is 54.1 Å². The summed E-state index contributed by atoms with van der Waals surface area (Å²) >= 11 is 0. The molecule has 0 bridgehead atoms. The summed E-state index contributed by atoms with van der Waals surface area (Å²) in [5, 5.41) is 2.91. The number of hydrogen-bond donors (Lipinski definition) is 1. The summed E-state index contributed by atoms with van der Waals surface area (Å²) in [6, 6.07) is 23.4. The largest absolute Gasteiger partial charge is 0.493 e. The van der Waals surface area contributed by atoms with Crippen LogP contribution in [0.2, 0.25) is 0 Å². The van der Waals surface area contributed by atoms with Gasteiger partial charge in [-0.25, -0.2) is 0 Å². The Morgan fingerprint density at radius 1 is 0.867 bits per heavy atom. The Morgan fingerprint density at radius 2 is 1.63 bits per heavy atom. The number of amides is 1. The number of methoxy groups -OCH3 is 1. The second-order valence-electron chi connectivity index (χ2n) is 6.95. The molecule has 1 N–H and O–H groups in total. The van der Waals surface area contributed by atoms with Crippen LogP contribution in [0, 0.1) is 6.92 Å². The minimum Gasteiger partial charge on any atom is -0.493 e. The molecule has 5 heteroatoms. The van der Waals surface area contributed by atoms with Crippen LogP contribution in [0.4, 0.5) is 0 Å². The second-order valence-corrected chi connectivity index (χ2v) is 6.95. The lowest BCUT2D eigenvalue weighted by atomic mass is 10.2. The Kier molecular flexibility index (Phi) is 7.72. The number of benzene rings is 3. The zero-order chi connectivity index (χ0) is 21.2. The molecule has 0 aromatic heterocycles. The van der Waals surface area contributed by atoms with Gasteiger partial charge in [0.05, 0.1) is 20.1 Å². The maximum Gasteiger partial charge on any atom is 0.223 e. The molecular weight excluding hydrogens is 378 g/mol. The number of ether oxygens (including phenoxy) is 3. The van der Waals surface area contributed by atoms with Crippen LogP contribution in [-0.4, -0.2) is 19.6 Å². The van der Waals surface area contributed by atoms with Crippen molar-refractivity contribution < 1.29 is 19.0 Å². The van der Waals surface area contributed by atoms with Gasteiger partial charge in [0.1, 0.15) is 12.4 Å². The third-order valence-corrected chi connectivity index (χ3v) is 4.57. The van der Waals surface area contributed by atoms with E-state index in [0.717, 1.165) is 16.9 Å². The fourth-order valence-corrected chi connectivity index (χ4v) is 2.86. The molecule has 0 saturated carbocycles. The molecule has 5 nitrogen and oxygen atoms in total. The van der Waals surface area contributed by atoms with Crippen LogP contribution in [0.15, 0.2) is 72.8 Å². The van der Waals surface area contributed by atoms with Gasteiger partial charge in [-0.3, -0.25) is 4.79 Å². The Hall–Kier alpha value is -3.47. The molecule has 0 aliphatic rings. The standard InChI is InChI=1S/C25H27NO4/c1-19-8-11-22(12-9-19)29-15-14-25(27)26-17-21-10-13-23(24(16-21)28-2)30-18-20-6-4-3-5-7-20/h3-13,16H,14-15,17-18H2,1-2H3,(H,26,27). The third kappa shape index (κ3) is 6.55. The van der Waals surface area contributed by atoms with Gasteiger partial charge in [0.25, 0.3) is 0 Å². The minimum absolute atomic E-state index is 0.0644. The highest BCUT2D eigenvalue weighted by atomic mass is 16.5. The minimum atomic E-state index is -0.0644. The Balaban J connectivity index is 1.45. The van der Waals surface area contributed by atoms with Crippen molar-refractivity contribution in [3.8, 4) is 17.2 Å². The van der Waals surface area contributed by atoms with Crippen LogP contribution in [0.5, 0.6) is 17.2 Å². The Labute approximate surface area is 177 Å². The van der Waals surface area contributed by atoms with Crippen LogP contribution >= 0.6 is 0 Å². The molecule has 30 heavy (non-hydrogen) atoms. The SMILES string of the molecule is COc1cc(CNC(=O)CCOc2ccc(C)cc2)ccc1OCc1ccccc1. The van der Waals surface area contributed by atoms with Gasteiger partial charge in [0, 0.05) is 6.54 Å². The Morgan fingerprint density at radius 3 is 2.37 bits per heavy atom. The molecule has 0 saturated heterocycles. The first-order chi connectivity index (χ1) is 14.6. The summed E-state index contributed by atoms with van der Waals surface area (Å²) in [4.78, 5) is 12.1. The van der Waals surface area contributed by atoms with E-state index in [-0.39, 0.29) is 5.91 Å². The van der Waals surface area contributed by atoms with Crippen molar-refractivity contribution in [2.45, 2.75) is 26.5 Å². The number of carbonyl (C=O) groups excluding carboxylic acids is 1. The predicted molar refractivity (Wildman–Crippen MR) is 117 cm³/mol. The lowest BCUT2D eigenvalue weighted by Gasteiger charge is -2.13.